The molecule has 1 aromatic carbocycles. The molecule has 88 valence electrons. The maximum Gasteiger partial charge on any atom is 0.110 e. The first kappa shape index (κ1) is 11.3. The largest absolute Gasteiger partial charge is 0.397 e. The number of nitrogens with one attached hydrogen (secondary N) is 1. The Balaban J connectivity index is 2.43. The van der Waals surface area contributed by atoms with Gasteiger partial charge in [-0.25, -0.2) is 0 Å². The molecule has 2 rings (SSSR count). The highest BCUT2D eigenvalue weighted by Gasteiger charge is 2.15. The van der Waals surface area contributed by atoms with E-state index in [0.29, 0.717) is 0 Å². The zero-order valence-electron chi connectivity index (χ0n) is 9.98. The number of nitrogen functional groups attached to an aromatic ring is 1. The summed E-state index contributed by atoms with van der Waals surface area (Å²) in [6.07, 6.45) is 6.11. The van der Waals surface area contributed by atoms with Crippen LogP contribution in [-0.4, -0.2) is 6.54 Å². The van der Waals surface area contributed by atoms with Crippen molar-refractivity contribution in [3.8, 4) is 0 Å². The maximum atomic E-state index is 6.01. The van der Waals surface area contributed by atoms with Crippen molar-refractivity contribution in [2.24, 2.45) is 0 Å². The highest BCUT2D eigenvalue weighted by Crippen LogP contribution is 2.28. The fourth-order valence-electron chi connectivity index (χ4n) is 1.84. The molecule has 1 aliphatic heterocycles. The number of hydrogen-bond acceptors (Lipinski definition) is 3. The van der Waals surface area contributed by atoms with Crippen molar-refractivity contribution in [3.05, 3.63) is 60.6 Å². The summed E-state index contributed by atoms with van der Waals surface area (Å²) in [4.78, 5) is 2.03. The third-order valence-electron chi connectivity index (χ3n) is 2.59. The summed E-state index contributed by atoms with van der Waals surface area (Å²) in [7, 11) is 0. The predicted molar refractivity (Wildman–Crippen MR) is 73.4 cm³/mol. The van der Waals surface area contributed by atoms with Gasteiger partial charge >= 0.3 is 0 Å². The molecular weight excluding hydrogens is 210 g/mol. The monoisotopic (exact) mass is 227 g/mol. The number of hydrogen-bond donors (Lipinski definition) is 2. The first-order chi connectivity index (χ1) is 8.20. The Hall–Kier alpha value is -2.16. The quantitative estimate of drug-likeness (QED) is 0.780. The van der Waals surface area contributed by atoms with Crippen LogP contribution in [0.3, 0.4) is 0 Å². The molecule has 3 nitrogen and oxygen atoms in total. The first-order valence-corrected chi connectivity index (χ1v) is 5.61. The van der Waals surface area contributed by atoms with Gasteiger partial charge in [0.2, 0.25) is 0 Å². The van der Waals surface area contributed by atoms with Gasteiger partial charge in [0.05, 0.1) is 11.4 Å². The maximum absolute atomic E-state index is 6.01. The summed E-state index contributed by atoms with van der Waals surface area (Å²) in [5.74, 6) is 0.998. The highest BCUT2D eigenvalue weighted by atomic mass is 15.3. The molecule has 0 spiro atoms. The number of benzene rings is 1. The lowest BCUT2D eigenvalue weighted by atomic mass is 10.2. The van der Waals surface area contributed by atoms with Crippen LogP contribution in [0.2, 0.25) is 0 Å². The average Bonchev–Trinajstić information content (AvgIpc) is 2.33. The molecule has 0 saturated heterocycles. The Labute approximate surface area is 102 Å². The second-order valence-electron chi connectivity index (χ2n) is 3.99. The van der Waals surface area contributed by atoms with Crippen molar-refractivity contribution in [1.29, 1.82) is 0 Å². The number of allylic oxidation sites excluding steroid dienone is 3. The third kappa shape index (κ3) is 2.33. The van der Waals surface area contributed by atoms with E-state index in [9.17, 15) is 0 Å². The number of para-hydroxylation sites is 2. The molecule has 0 amide bonds. The normalized spacial score (nSPS) is 13.8. The second-order valence-corrected chi connectivity index (χ2v) is 3.99. The number of nitrogens with zero attached hydrogens (tertiary/aromatic N) is 1. The van der Waals surface area contributed by atoms with E-state index in [1.54, 1.807) is 0 Å². The first-order valence-electron chi connectivity index (χ1n) is 5.61. The fraction of sp³-hybridized carbons (Fsp3) is 0.143. The average molecular weight is 227 g/mol. The molecule has 0 unspecified atom stereocenters. The minimum absolute atomic E-state index is 0.743. The summed E-state index contributed by atoms with van der Waals surface area (Å²) in [5, 5.41) is 3.31. The molecule has 0 saturated carbocycles. The number of anilines is 2. The van der Waals surface area contributed by atoms with Crippen LogP contribution in [0.15, 0.2) is 60.6 Å². The van der Waals surface area contributed by atoms with Crippen molar-refractivity contribution in [2.75, 3.05) is 17.2 Å². The Morgan fingerprint density at radius 1 is 1.41 bits per heavy atom. The summed E-state index contributed by atoms with van der Waals surface area (Å²) in [5.41, 5.74) is 8.63. The summed E-state index contributed by atoms with van der Waals surface area (Å²) < 4.78 is 0. The molecule has 1 aromatic rings. The molecule has 17 heavy (non-hydrogen) atoms. The molecule has 0 bridgehead atoms. The number of dihydropyridines is 1. The Morgan fingerprint density at radius 3 is 2.76 bits per heavy atom. The lowest BCUT2D eigenvalue weighted by molar-refractivity contribution is 0.834. The predicted octanol–water partition coefficient (Wildman–Crippen LogP) is 2.61. The van der Waals surface area contributed by atoms with E-state index in [2.05, 4.69) is 18.0 Å². The summed E-state index contributed by atoms with van der Waals surface area (Å²) in [6, 6.07) is 7.79. The van der Waals surface area contributed by atoms with Gasteiger partial charge in [0.25, 0.3) is 0 Å². The topological polar surface area (TPSA) is 41.3 Å². The molecule has 3 heteroatoms. The van der Waals surface area contributed by atoms with E-state index < -0.39 is 0 Å². The molecule has 1 aliphatic rings. The summed E-state index contributed by atoms with van der Waals surface area (Å²) in [6.45, 7) is 6.80. The zero-order valence-corrected chi connectivity index (χ0v) is 9.98. The molecule has 1 heterocycles. The van der Waals surface area contributed by atoms with Crippen molar-refractivity contribution in [2.45, 2.75) is 6.92 Å². The molecule has 0 atom stereocenters. The molecular formula is C14H17N3. The van der Waals surface area contributed by atoms with E-state index >= 15 is 0 Å². The van der Waals surface area contributed by atoms with E-state index in [-0.39, 0.29) is 0 Å². The van der Waals surface area contributed by atoms with E-state index in [1.807, 2.05) is 48.2 Å². The van der Waals surface area contributed by atoms with Gasteiger partial charge in [0, 0.05) is 12.2 Å². The third-order valence-corrected chi connectivity index (χ3v) is 2.59. The van der Waals surface area contributed by atoms with Gasteiger partial charge in [-0.2, -0.15) is 0 Å². The Kier molecular flexibility index (Phi) is 3.19. The molecule has 0 aromatic heterocycles. The van der Waals surface area contributed by atoms with Crippen LogP contribution >= 0.6 is 0 Å². The van der Waals surface area contributed by atoms with Crippen molar-refractivity contribution < 1.29 is 0 Å². The van der Waals surface area contributed by atoms with Crippen molar-refractivity contribution >= 4 is 11.4 Å². The number of rotatable bonds is 3. The van der Waals surface area contributed by atoms with Crippen molar-refractivity contribution in [3.63, 3.8) is 0 Å². The van der Waals surface area contributed by atoms with Crippen LogP contribution < -0.4 is 16.0 Å². The van der Waals surface area contributed by atoms with Crippen LogP contribution in [0, 0.1) is 0 Å². The smallest absolute Gasteiger partial charge is 0.110 e. The van der Waals surface area contributed by atoms with Gasteiger partial charge in [0.1, 0.15) is 5.82 Å². The van der Waals surface area contributed by atoms with Crippen LogP contribution in [-0.2, 0) is 0 Å². The highest BCUT2D eigenvalue weighted by molar-refractivity contribution is 5.72. The van der Waals surface area contributed by atoms with E-state index in [4.69, 9.17) is 5.73 Å². The van der Waals surface area contributed by atoms with Gasteiger partial charge in [-0.15, -0.1) is 0 Å². The van der Waals surface area contributed by atoms with Crippen molar-refractivity contribution in [1.82, 2.24) is 5.32 Å². The van der Waals surface area contributed by atoms with Crippen LogP contribution in [0.1, 0.15) is 6.92 Å². The van der Waals surface area contributed by atoms with Crippen LogP contribution in [0.4, 0.5) is 11.4 Å². The van der Waals surface area contributed by atoms with Gasteiger partial charge in [-0.05, 0) is 25.1 Å². The standard InChI is InChI=1S/C14H17N3/c1-11(2)17(14-9-5-6-10-16-14)13-8-4-3-7-12(13)15/h3-9,16H,1,10,15H2,2H3. The van der Waals surface area contributed by atoms with Gasteiger partial charge < -0.3 is 11.1 Å². The van der Waals surface area contributed by atoms with E-state index in [1.165, 1.54) is 0 Å². The minimum Gasteiger partial charge on any atom is -0.397 e. The van der Waals surface area contributed by atoms with Gasteiger partial charge in [-0.3, -0.25) is 4.90 Å². The molecule has 0 radical (unpaired) electrons. The fourth-order valence-corrected chi connectivity index (χ4v) is 1.84. The molecule has 3 N–H and O–H groups in total. The van der Waals surface area contributed by atoms with E-state index in [0.717, 1.165) is 29.4 Å². The summed E-state index contributed by atoms with van der Waals surface area (Å²) >= 11 is 0. The SMILES string of the molecule is C=C(C)N(C1=CC=CCN1)c1ccccc1N. The number of nitrogens with two attached hydrogens (primary N) is 1. The zero-order chi connectivity index (χ0) is 12.3. The molecule has 0 fully saturated rings. The minimum atomic E-state index is 0.743. The molecule has 0 aliphatic carbocycles. The lowest BCUT2D eigenvalue weighted by Crippen LogP contribution is -2.32. The Bertz CT molecular complexity index is 486. The van der Waals surface area contributed by atoms with Gasteiger partial charge in [-0.1, -0.05) is 30.9 Å². The Morgan fingerprint density at radius 2 is 2.18 bits per heavy atom. The second kappa shape index (κ2) is 4.78. The van der Waals surface area contributed by atoms with Crippen LogP contribution in [0.5, 0.6) is 0 Å². The lowest BCUT2D eigenvalue weighted by Gasteiger charge is -2.30. The van der Waals surface area contributed by atoms with Crippen LogP contribution in [0.25, 0.3) is 0 Å². The van der Waals surface area contributed by atoms with Gasteiger partial charge in [0.15, 0.2) is 0 Å².